The van der Waals surface area contributed by atoms with Crippen molar-refractivity contribution in [1.82, 2.24) is 5.32 Å². The molecule has 0 heterocycles. The number of carbonyl (C=O) groups is 1. The third-order valence-electron chi connectivity index (χ3n) is 3.53. The highest BCUT2D eigenvalue weighted by atomic mass is 16.1. The van der Waals surface area contributed by atoms with Crippen molar-refractivity contribution >= 4 is 5.91 Å². The second-order valence-corrected chi connectivity index (χ2v) is 4.69. The zero-order valence-electron chi connectivity index (χ0n) is 9.68. The van der Waals surface area contributed by atoms with E-state index < -0.39 is 0 Å². The summed E-state index contributed by atoms with van der Waals surface area (Å²) in [6.07, 6.45) is 5.38. The van der Waals surface area contributed by atoms with Crippen LogP contribution >= 0.6 is 0 Å². The van der Waals surface area contributed by atoms with E-state index in [9.17, 15) is 4.79 Å². The van der Waals surface area contributed by atoms with Gasteiger partial charge in [0.25, 0.3) is 0 Å². The Hall–Kier alpha value is -0.530. The van der Waals surface area contributed by atoms with Crippen molar-refractivity contribution < 1.29 is 4.79 Å². The average molecular weight is 197 g/mol. The van der Waals surface area contributed by atoms with E-state index in [-0.39, 0.29) is 5.91 Å². The molecule has 0 aromatic carbocycles. The van der Waals surface area contributed by atoms with Crippen LogP contribution in [0.2, 0.25) is 0 Å². The van der Waals surface area contributed by atoms with Crippen LogP contribution in [0.15, 0.2) is 0 Å². The topological polar surface area (TPSA) is 29.1 Å². The monoisotopic (exact) mass is 197 g/mol. The van der Waals surface area contributed by atoms with Gasteiger partial charge in [0.15, 0.2) is 0 Å². The summed E-state index contributed by atoms with van der Waals surface area (Å²) in [6, 6.07) is 0.429. The third kappa shape index (κ3) is 3.00. The Labute approximate surface area is 87.5 Å². The van der Waals surface area contributed by atoms with Gasteiger partial charge in [-0.2, -0.15) is 0 Å². The zero-order chi connectivity index (χ0) is 10.6. The van der Waals surface area contributed by atoms with Crippen LogP contribution in [0.3, 0.4) is 0 Å². The summed E-state index contributed by atoms with van der Waals surface area (Å²) in [4.78, 5) is 11.5. The maximum Gasteiger partial charge on any atom is 0.220 e. The Balaban J connectivity index is 2.39. The minimum Gasteiger partial charge on any atom is -0.353 e. The van der Waals surface area contributed by atoms with Gasteiger partial charge in [0.05, 0.1) is 0 Å². The summed E-state index contributed by atoms with van der Waals surface area (Å²) in [7, 11) is 0. The van der Waals surface area contributed by atoms with Gasteiger partial charge in [-0.1, -0.05) is 33.6 Å². The van der Waals surface area contributed by atoms with Gasteiger partial charge in [-0.3, -0.25) is 4.79 Å². The first kappa shape index (κ1) is 11.5. The fourth-order valence-corrected chi connectivity index (χ4v) is 2.29. The summed E-state index contributed by atoms with van der Waals surface area (Å²) >= 11 is 0. The molecule has 0 spiro atoms. The molecule has 1 amide bonds. The molecule has 1 fully saturated rings. The van der Waals surface area contributed by atoms with Crippen molar-refractivity contribution in [2.75, 3.05) is 0 Å². The molecule has 2 nitrogen and oxygen atoms in total. The highest BCUT2D eigenvalue weighted by Crippen LogP contribution is 2.29. The van der Waals surface area contributed by atoms with E-state index in [1.165, 1.54) is 19.3 Å². The molecule has 3 atom stereocenters. The van der Waals surface area contributed by atoms with Gasteiger partial charge < -0.3 is 5.32 Å². The highest BCUT2D eigenvalue weighted by Gasteiger charge is 2.27. The Morgan fingerprint density at radius 1 is 1.36 bits per heavy atom. The summed E-state index contributed by atoms with van der Waals surface area (Å²) in [6.45, 7) is 6.61. The molecule has 2 heteroatoms. The van der Waals surface area contributed by atoms with Crippen LogP contribution in [0, 0.1) is 11.8 Å². The normalized spacial score (nSPS) is 32.6. The number of amides is 1. The molecule has 0 bridgehead atoms. The van der Waals surface area contributed by atoms with E-state index in [2.05, 4.69) is 19.2 Å². The molecule has 0 radical (unpaired) electrons. The second kappa shape index (κ2) is 5.38. The van der Waals surface area contributed by atoms with Gasteiger partial charge >= 0.3 is 0 Å². The van der Waals surface area contributed by atoms with Crippen molar-refractivity contribution in [3.63, 3.8) is 0 Å². The van der Waals surface area contributed by atoms with Crippen LogP contribution in [-0.2, 0) is 4.79 Å². The Morgan fingerprint density at radius 3 is 2.71 bits per heavy atom. The average Bonchev–Trinajstić information content (AvgIpc) is 2.13. The maximum atomic E-state index is 11.5. The minimum atomic E-state index is 0.235. The van der Waals surface area contributed by atoms with Crippen LogP contribution in [0.1, 0.15) is 52.9 Å². The van der Waals surface area contributed by atoms with Crippen molar-refractivity contribution in [1.29, 1.82) is 0 Å². The lowest BCUT2D eigenvalue weighted by Crippen LogP contribution is -2.43. The fourth-order valence-electron chi connectivity index (χ4n) is 2.29. The lowest BCUT2D eigenvalue weighted by Gasteiger charge is -2.34. The molecule has 0 aromatic rings. The molecule has 1 rings (SSSR count). The van der Waals surface area contributed by atoms with Gasteiger partial charge in [0.1, 0.15) is 0 Å². The predicted octanol–water partition coefficient (Wildman–Crippen LogP) is 2.73. The first-order valence-corrected chi connectivity index (χ1v) is 5.94. The number of nitrogens with one attached hydrogen (secondary N) is 1. The number of hydrogen-bond donors (Lipinski definition) is 1. The number of carbonyl (C=O) groups excluding carboxylic acids is 1. The Morgan fingerprint density at radius 2 is 2.07 bits per heavy atom. The molecule has 0 aromatic heterocycles. The second-order valence-electron chi connectivity index (χ2n) is 4.69. The van der Waals surface area contributed by atoms with Crippen molar-refractivity contribution in [3.05, 3.63) is 0 Å². The van der Waals surface area contributed by atoms with Crippen molar-refractivity contribution in [2.45, 2.75) is 58.9 Å². The van der Waals surface area contributed by atoms with E-state index in [4.69, 9.17) is 0 Å². The van der Waals surface area contributed by atoms with Crippen LogP contribution in [0.4, 0.5) is 0 Å². The van der Waals surface area contributed by atoms with Gasteiger partial charge in [-0.05, 0) is 24.7 Å². The quantitative estimate of drug-likeness (QED) is 0.740. The number of rotatable bonds is 3. The van der Waals surface area contributed by atoms with E-state index >= 15 is 0 Å². The Kier molecular flexibility index (Phi) is 4.43. The first-order chi connectivity index (χ1) is 6.65. The Bertz CT molecular complexity index is 191. The molecule has 3 unspecified atom stereocenters. The fraction of sp³-hybridized carbons (Fsp3) is 0.917. The van der Waals surface area contributed by atoms with Gasteiger partial charge in [0.2, 0.25) is 5.91 Å². The number of hydrogen-bond acceptors (Lipinski definition) is 1. The highest BCUT2D eigenvalue weighted by molar-refractivity contribution is 5.76. The molecule has 0 saturated heterocycles. The molecule has 14 heavy (non-hydrogen) atoms. The van der Waals surface area contributed by atoms with Gasteiger partial charge in [-0.15, -0.1) is 0 Å². The van der Waals surface area contributed by atoms with Gasteiger partial charge in [-0.25, -0.2) is 0 Å². The van der Waals surface area contributed by atoms with Crippen molar-refractivity contribution in [3.8, 4) is 0 Å². The van der Waals surface area contributed by atoms with Crippen LogP contribution in [-0.4, -0.2) is 11.9 Å². The van der Waals surface area contributed by atoms with Gasteiger partial charge in [0, 0.05) is 12.5 Å². The minimum absolute atomic E-state index is 0.235. The van der Waals surface area contributed by atoms with Crippen LogP contribution in [0.25, 0.3) is 0 Å². The lowest BCUT2D eigenvalue weighted by molar-refractivity contribution is -0.122. The molecule has 82 valence electrons. The van der Waals surface area contributed by atoms with E-state index in [0.717, 1.165) is 12.3 Å². The molecule has 1 aliphatic carbocycles. The summed E-state index contributed by atoms with van der Waals surface area (Å²) in [5, 5.41) is 3.16. The smallest absolute Gasteiger partial charge is 0.220 e. The lowest BCUT2D eigenvalue weighted by atomic mass is 9.78. The van der Waals surface area contributed by atoms with E-state index in [0.29, 0.717) is 18.4 Å². The van der Waals surface area contributed by atoms with E-state index in [1.54, 1.807) is 0 Å². The standard InChI is InChI=1S/C12H23NO/c1-4-6-12(14)13-11-8-5-7-9(2)10(11)3/h9-11H,4-8H2,1-3H3,(H,13,14). The molecule has 1 N–H and O–H groups in total. The largest absolute Gasteiger partial charge is 0.353 e. The van der Waals surface area contributed by atoms with Crippen LogP contribution in [0.5, 0.6) is 0 Å². The molecule has 0 aliphatic heterocycles. The third-order valence-corrected chi connectivity index (χ3v) is 3.53. The maximum absolute atomic E-state index is 11.5. The summed E-state index contributed by atoms with van der Waals surface area (Å²) in [5.41, 5.74) is 0. The SMILES string of the molecule is CCCC(=O)NC1CCCC(C)C1C. The first-order valence-electron chi connectivity index (χ1n) is 5.94. The zero-order valence-corrected chi connectivity index (χ0v) is 9.68. The summed E-state index contributed by atoms with van der Waals surface area (Å²) in [5.74, 6) is 1.64. The summed E-state index contributed by atoms with van der Waals surface area (Å²) < 4.78 is 0. The molecule has 1 aliphatic rings. The van der Waals surface area contributed by atoms with Crippen molar-refractivity contribution in [2.24, 2.45) is 11.8 Å². The van der Waals surface area contributed by atoms with Crippen LogP contribution < -0.4 is 5.32 Å². The molecule has 1 saturated carbocycles. The van der Waals surface area contributed by atoms with E-state index in [1.807, 2.05) is 6.92 Å². The predicted molar refractivity (Wildman–Crippen MR) is 59.0 cm³/mol. The molecular weight excluding hydrogens is 174 g/mol. The molecular formula is C12H23NO.